The van der Waals surface area contributed by atoms with Gasteiger partial charge in [-0.2, -0.15) is 0 Å². The fraction of sp³-hybridized carbons (Fsp3) is 0.364. The van der Waals surface area contributed by atoms with Gasteiger partial charge in [0.15, 0.2) is 0 Å². The molecule has 1 aromatic carbocycles. The predicted molar refractivity (Wildman–Crippen MR) is 80.4 cm³/mol. The summed E-state index contributed by atoms with van der Waals surface area (Å²) in [5, 5.41) is 10.7. The van der Waals surface area contributed by atoms with Gasteiger partial charge in [-0.05, 0) is 38.8 Å². The Kier molecular flexibility index (Phi) is 5.49. The summed E-state index contributed by atoms with van der Waals surface area (Å²) >= 11 is 6.39. The van der Waals surface area contributed by atoms with Crippen molar-refractivity contribution in [1.29, 1.82) is 0 Å². The average Bonchev–Trinajstić information content (AvgIpc) is 2.31. The molecule has 1 amide bonds. The van der Waals surface area contributed by atoms with Crippen molar-refractivity contribution >= 4 is 43.5 Å². The summed E-state index contributed by atoms with van der Waals surface area (Å²) in [6.07, 6.45) is 0.220. The van der Waals surface area contributed by atoms with E-state index in [9.17, 15) is 14.9 Å². The minimum atomic E-state index is -1.17. The third kappa shape index (κ3) is 4.15. The lowest BCUT2D eigenvalue weighted by molar-refractivity contribution is -0.385. The highest BCUT2D eigenvalue weighted by atomic mass is 79.9. The monoisotopic (exact) mass is 409 g/mol. The van der Waals surface area contributed by atoms with Crippen LogP contribution in [-0.4, -0.2) is 23.0 Å². The van der Waals surface area contributed by atoms with Gasteiger partial charge in [0.2, 0.25) is 5.91 Å². The van der Waals surface area contributed by atoms with Crippen LogP contribution < -0.4 is 16.2 Å². The van der Waals surface area contributed by atoms with E-state index in [4.69, 9.17) is 16.2 Å². The minimum absolute atomic E-state index is 0.0723. The molecule has 110 valence electrons. The van der Waals surface area contributed by atoms with E-state index in [1.54, 1.807) is 0 Å². The molecule has 0 saturated heterocycles. The van der Waals surface area contributed by atoms with Gasteiger partial charge in [-0.1, -0.05) is 0 Å². The van der Waals surface area contributed by atoms with Crippen molar-refractivity contribution in [2.45, 2.75) is 18.9 Å². The lowest BCUT2D eigenvalue weighted by Crippen LogP contribution is -2.50. The number of hydrogen-bond acceptors (Lipinski definition) is 5. The zero-order chi connectivity index (χ0) is 15.5. The summed E-state index contributed by atoms with van der Waals surface area (Å²) in [6.45, 7) is 1.66. The van der Waals surface area contributed by atoms with Crippen molar-refractivity contribution in [1.82, 2.24) is 0 Å². The standard InChI is InChI=1S/C11H13Br2N3O4/c1-11(15,10(14)17)2-3-20-9-7(12)4-6(16(18)19)5-8(9)13/h4-5H,2-3,15H2,1H3,(H2,14,17). The maximum Gasteiger partial charge on any atom is 0.271 e. The molecule has 0 bridgehead atoms. The number of amides is 1. The van der Waals surface area contributed by atoms with Crippen molar-refractivity contribution in [3.8, 4) is 5.75 Å². The van der Waals surface area contributed by atoms with Crippen LogP contribution in [0.1, 0.15) is 13.3 Å². The number of carbonyl (C=O) groups excluding carboxylic acids is 1. The highest BCUT2D eigenvalue weighted by Gasteiger charge is 2.25. The first-order chi connectivity index (χ1) is 9.15. The maximum atomic E-state index is 11.1. The smallest absolute Gasteiger partial charge is 0.271 e. The Morgan fingerprint density at radius 2 is 1.95 bits per heavy atom. The van der Waals surface area contributed by atoms with Crippen LogP contribution in [0.5, 0.6) is 5.75 Å². The highest BCUT2D eigenvalue weighted by molar-refractivity contribution is 9.11. The molecule has 1 atom stereocenters. The fourth-order valence-electron chi connectivity index (χ4n) is 1.28. The van der Waals surface area contributed by atoms with Crippen molar-refractivity contribution in [2.75, 3.05) is 6.61 Å². The maximum absolute atomic E-state index is 11.1. The van der Waals surface area contributed by atoms with Crippen molar-refractivity contribution in [2.24, 2.45) is 11.5 Å². The largest absolute Gasteiger partial charge is 0.491 e. The van der Waals surface area contributed by atoms with Gasteiger partial charge >= 0.3 is 0 Å². The number of halogens is 2. The van der Waals surface area contributed by atoms with E-state index in [1.807, 2.05) is 0 Å². The van der Waals surface area contributed by atoms with Gasteiger partial charge in [0, 0.05) is 18.6 Å². The van der Waals surface area contributed by atoms with E-state index >= 15 is 0 Å². The molecule has 0 aromatic heterocycles. The lowest BCUT2D eigenvalue weighted by Gasteiger charge is -2.20. The first kappa shape index (κ1) is 16.9. The second-order valence-electron chi connectivity index (χ2n) is 4.38. The number of ether oxygens (including phenoxy) is 1. The number of nitro groups is 1. The van der Waals surface area contributed by atoms with Crippen LogP contribution in [0.2, 0.25) is 0 Å². The SMILES string of the molecule is CC(N)(CCOc1c(Br)cc([N+](=O)[O-])cc1Br)C(N)=O. The Balaban J connectivity index is 2.80. The summed E-state index contributed by atoms with van der Waals surface area (Å²) in [7, 11) is 0. The third-order valence-corrected chi connectivity index (χ3v) is 3.80. The van der Waals surface area contributed by atoms with Crippen LogP contribution in [0.25, 0.3) is 0 Å². The van der Waals surface area contributed by atoms with E-state index in [1.165, 1.54) is 19.1 Å². The van der Waals surface area contributed by atoms with Crippen LogP contribution in [0.4, 0.5) is 5.69 Å². The lowest BCUT2D eigenvalue weighted by atomic mass is 9.99. The van der Waals surface area contributed by atoms with Gasteiger partial charge in [-0.15, -0.1) is 0 Å². The zero-order valence-corrected chi connectivity index (χ0v) is 13.7. The topological polar surface area (TPSA) is 121 Å². The first-order valence-corrected chi connectivity index (χ1v) is 7.09. The number of nitro benzene ring substituents is 1. The Hall–Kier alpha value is -1.19. The Bertz CT molecular complexity index is 525. The second-order valence-corrected chi connectivity index (χ2v) is 6.08. The van der Waals surface area contributed by atoms with Gasteiger partial charge in [0.1, 0.15) is 5.75 Å². The number of nitrogens with zero attached hydrogens (tertiary/aromatic N) is 1. The van der Waals surface area contributed by atoms with Crippen LogP contribution in [0.3, 0.4) is 0 Å². The second kappa shape index (κ2) is 6.51. The van der Waals surface area contributed by atoms with E-state index in [0.29, 0.717) is 14.7 Å². The molecule has 1 rings (SSSR count). The van der Waals surface area contributed by atoms with Gasteiger partial charge in [-0.25, -0.2) is 0 Å². The molecule has 1 aromatic rings. The summed E-state index contributed by atoms with van der Waals surface area (Å²) in [5.74, 6) is -0.223. The van der Waals surface area contributed by atoms with E-state index < -0.39 is 16.4 Å². The first-order valence-electron chi connectivity index (χ1n) is 5.50. The fourth-order valence-corrected chi connectivity index (χ4v) is 2.67. The predicted octanol–water partition coefficient (Wildman–Crippen LogP) is 2.09. The number of nitrogens with two attached hydrogens (primary N) is 2. The Labute approximate surface area is 132 Å². The molecule has 7 nitrogen and oxygen atoms in total. The normalized spacial score (nSPS) is 13.6. The molecule has 20 heavy (non-hydrogen) atoms. The molecule has 9 heteroatoms. The van der Waals surface area contributed by atoms with Crippen LogP contribution >= 0.6 is 31.9 Å². The quantitative estimate of drug-likeness (QED) is 0.549. The van der Waals surface area contributed by atoms with Gasteiger partial charge in [-0.3, -0.25) is 14.9 Å². The van der Waals surface area contributed by atoms with Crippen molar-refractivity contribution < 1.29 is 14.5 Å². The van der Waals surface area contributed by atoms with Crippen molar-refractivity contribution in [3.63, 3.8) is 0 Å². The molecule has 0 spiro atoms. The molecule has 4 N–H and O–H groups in total. The molecular weight excluding hydrogens is 398 g/mol. The van der Waals surface area contributed by atoms with Gasteiger partial charge in [0.25, 0.3) is 5.69 Å². The van der Waals surface area contributed by atoms with Crippen LogP contribution in [0.15, 0.2) is 21.1 Å². The summed E-state index contributed by atoms with van der Waals surface area (Å²) in [6, 6.07) is 2.66. The van der Waals surface area contributed by atoms with Gasteiger partial charge < -0.3 is 16.2 Å². The molecule has 0 fully saturated rings. The highest BCUT2D eigenvalue weighted by Crippen LogP contribution is 2.37. The average molecular weight is 411 g/mol. The summed E-state index contributed by atoms with van der Waals surface area (Å²) in [4.78, 5) is 21.2. The molecule has 0 heterocycles. The number of hydrogen-bond donors (Lipinski definition) is 2. The summed E-state index contributed by atoms with van der Waals surface area (Å²) in [5.41, 5.74) is 9.61. The number of carbonyl (C=O) groups is 1. The molecule has 1 unspecified atom stereocenters. The molecule has 0 aliphatic carbocycles. The molecular formula is C11H13Br2N3O4. The summed E-state index contributed by atoms with van der Waals surface area (Å²) < 4.78 is 6.34. The molecule has 0 aliphatic rings. The van der Waals surface area contributed by atoms with Crippen LogP contribution in [0, 0.1) is 10.1 Å². The molecule has 0 radical (unpaired) electrons. The van der Waals surface area contributed by atoms with E-state index in [-0.39, 0.29) is 18.7 Å². The van der Waals surface area contributed by atoms with Crippen molar-refractivity contribution in [3.05, 3.63) is 31.2 Å². The molecule has 0 saturated carbocycles. The van der Waals surface area contributed by atoms with Crippen LogP contribution in [-0.2, 0) is 4.79 Å². The minimum Gasteiger partial charge on any atom is -0.491 e. The molecule has 0 aliphatic heterocycles. The van der Waals surface area contributed by atoms with E-state index in [0.717, 1.165) is 0 Å². The zero-order valence-electron chi connectivity index (χ0n) is 10.6. The Morgan fingerprint density at radius 3 is 2.35 bits per heavy atom. The number of primary amides is 1. The third-order valence-electron chi connectivity index (χ3n) is 2.62. The van der Waals surface area contributed by atoms with E-state index in [2.05, 4.69) is 31.9 Å². The number of benzene rings is 1. The number of non-ortho nitro benzene ring substituents is 1. The van der Waals surface area contributed by atoms with Gasteiger partial charge in [0.05, 0.1) is 26.0 Å². The Morgan fingerprint density at radius 1 is 1.45 bits per heavy atom. The number of rotatable bonds is 6.